The van der Waals surface area contributed by atoms with Crippen LogP contribution in [0.15, 0.2) is 18.2 Å². The van der Waals surface area contributed by atoms with Gasteiger partial charge in [0, 0.05) is 16.2 Å². The van der Waals surface area contributed by atoms with Gasteiger partial charge in [-0.05, 0) is 80.3 Å². The largest absolute Gasteiger partial charge is 0.444 e. The molecule has 2 atom stereocenters. The maximum Gasteiger partial charge on any atom is 0.407 e. The molecule has 1 aromatic carbocycles. The van der Waals surface area contributed by atoms with Crippen molar-refractivity contribution in [2.45, 2.75) is 58.1 Å². The lowest BCUT2D eigenvalue weighted by molar-refractivity contribution is 0.0514. The van der Waals surface area contributed by atoms with Gasteiger partial charge in [0.05, 0.1) is 10.7 Å². The van der Waals surface area contributed by atoms with Crippen LogP contribution in [0, 0.1) is 9.49 Å². The fourth-order valence-corrected chi connectivity index (χ4v) is 3.89. The van der Waals surface area contributed by atoms with Crippen LogP contribution in [0.1, 0.15) is 46.5 Å². The van der Waals surface area contributed by atoms with Crippen LogP contribution in [0.2, 0.25) is 5.02 Å². The van der Waals surface area contributed by atoms with Crippen LogP contribution < -0.4 is 10.6 Å². The average molecular weight is 465 g/mol. The summed E-state index contributed by atoms with van der Waals surface area (Å²) in [5, 5.41) is 7.23. The first kappa shape index (κ1) is 19.6. The lowest BCUT2D eigenvalue weighted by Crippen LogP contribution is -2.42. The molecule has 1 aromatic rings. The van der Waals surface area contributed by atoms with E-state index in [4.69, 9.17) is 16.3 Å². The summed E-state index contributed by atoms with van der Waals surface area (Å²) in [6.45, 7) is 6.23. The first-order valence-electron chi connectivity index (χ1n) is 8.43. The van der Waals surface area contributed by atoms with Crippen molar-refractivity contribution in [3.05, 3.63) is 26.8 Å². The van der Waals surface area contributed by atoms with Crippen LogP contribution in [0.4, 0.5) is 10.5 Å². The predicted octanol–water partition coefficient (Wildman–Crippen LogP) is 5.44. The van der Waals surface area contributed by atoms with E-state index in [0.717, 1.165) is 27.1 Å². The summed E-state index contributed by atoms with van der Waals surface area (Å²) in [6, 6.07) is 6.34. The van der Waals surface area contributed by atoms with Gasteiger partial charge < -0.3 is 15.4 Å². The number of halogens is 2. The Labute approximate surface area is 163 Å². The van der Waals surface area contributed by atoms with Gasteiger partial charge in [-0.2, -0.15) is 0 Å². The highest BCUT2D eigenvalue weighted by Crippen LogP contribution is 2.30. The molecule has 4 nitrogen and oxygen atoms in total. The van der Waals surface area contributed by atoms with E-state index < -0.39 is 5.60 Å². The molecule has 0 aliphatic heterocycles. The van der Waals surface area contributed by atoms with E-state index in [2.05, 4.69) is 33.2 Å². The maximum absolute atomic E-state index is 11.9. The molecule has 2 N–H and O–H groups in total. The van der Waals surface area contributed by atoms with Gasteiger partial charge in [0.25, 0.3) is 0 Å². The monoisotopic (exact) mass is 464 g/mol. The molecule has 2 rings (SSSR count). The fourth-order valence-electron chi connectivity index (χ4n) is 2.98. The summed E-state index contributed by atoms with van der Waals surface area (Å²) in [4.78, 5) is 11.9. The Hall–Kier alpha value is -0.690. The van der Waals surface area contributed by atoms with Gasteiger partial charge in [0.1, 0.15) is 5.60 Å². The molecule has 0 saturated heterocycles. The summed E-state index contributed by atoms with van der Waals surface area (Å²) < 4.78 is 6.44. The van der Waals surface area contributed by atoms with Crippen LogP contribution in [0.5, 0.6) is 0 Å². The zero-order chi connectivity index (χ0) is 17.7. The van der Waals surface area contributed by atoms with E-state index in [-0.39, 0.29) is 6.09 Å². The van der Waals surface area contributed by atoms with Crippen LogP contribution in [0.3, 0.4) is 0 Å². The molecule has 24 heavy (non-hydrogen) atoms. The number of alkyl carbamates (subject to hydrolysis) is 1. The molecular formula is C18H26ClIN2O2. The molecule has 1 saturated carbocycles. The minimum Gasteiger partial charge on any atom is -0.444 e. The molecular weight excluding hydrogens is 439 g/mol. The number of carbonyl (C=O) groups excluding carboxylic acids is 1. The molecule has 2 unspecified atom stereocenters. The maximum atomic E-state index is 11.9. The lowest BCUT2D eigenvalue weighted by Gasteiger charge is -2.33. The highest BCUT2D eigenvalue weighted by atomic mass is 127. The number of ether oxygens (including phenoxy) is 1. The van der Waals surface area contributed by atoms with Crippen molar-refractivity contribution < 1.29 is 9.53 Å². The van der Waals surface area contributed by atoms with Gasteiger partial charge in [0.15, 0.2) is 0 Å². The first-order chi connectivity index (χ1) is 11.2. The molecule has 0 bridgehead atoms. The van der Waals surface area contributed by atoms with Crippen LogP contribution in [0.25, 0.3) is 0 Å². The second-order valence-electron chi connectivity index (χ2n) is 7.30. The van der Waals surface area contributed by atoms with Gasteiger partial charge in [-0.1, -0.05) is 24.4 Å². The summed E-state index contributed by atoms with van der Waals surface area (Å²) in [7, 11) is 0. The number of rotatable bonds is 4. The Morgan fingerprint density at radius 1 is 1.33 bits per heavy atom. The van der Waals surface area contributed by atoms with Gasteiger partial charge in [-0.3, -0.25) is 0 Å². The molecule has 134 valence electrons. The Kier molecular flexibility index (Phi) is 7.04. The van der Waals surface area contributed by atoms with E-state index in [1.165, 1.54) is 12.8 Å². The zero-order valence-corrected chi connectivity index (χ0v) is 17.4. The van der Waals surface area contributed by atoms with Gasteiger partial charge in [-0.15, -0.1) is 0 Å². The summed E-state index contributed by atoms with van der Waals surface area (Å²) in [6.07, 6.45) is 4.22. The molecule has 1 aliphatic rings. The van der Waals surface area contributed by atoms with E-state index in [0.29, 0.717) is 18.5 Å². The zero-order valence-electron chi connectivity index (χ0n) is 14.5. The van der Waals surface area contributed by atoms with Crippen molar-refractivity contribution in [1.82, 2.24) is 5.32 Å². The van der Waals surface area contributed by atoms with Gasteiger partial charge in [-0.25, -0.2) is 4.79 Å². The Morgan fingerprint density at radius 3 is 2.71 bits per heavy atom. The standard InChI is InChI=1S/C18H26ClIN2O2/c1-18(2,3)24-17(23)21-11-12-6-4-5-7-15(12)22-16-9-8-13(20)10-14(16)19/h8-10,12,15,22H,4-7,11H2,1-3H3,(H,21,23). The second kappa shape index (κ2) is 8.61. The number of hydrogen-bond acceptors (Lipinski definition) is 3. The lowest BCUT2D eigenvalue weighted by atomic mass is 9.84. The Balaban J connectivity index is 1.94. The number of benzene rings is 1. The number of anilines is 1. The number of hydrogen-bond donors (Lipinski definition) is 2. The third-order valence-electron chi connectivity index (χ3n) is 4.09. The van der Waals surface area contributed by atoms with Gasteiger partial charge >= 0.3 is 6.09 Å². The normalized spacial score (nSPS) is 21.2. The van der Waals surface area contributed by atoms with Crippen LogP contribution in [-0.4, -0.2) is 24.3 Å². The predicted molar refractivity (Wildman–Crippen MR) is 108 cm³/mol. The van der Waals surface area contributed by atoms with Crippen molar-refractivity contribution >= 4 is 46.0 Å². The molecule has 6 heteroatoms. The number of carbonyl (C=O) groups is 1. The summed E-state index contributed by atoms with van der Waals surface area (Å²) in [5.41, 5.74) is 0.495. The first-order valence-corrected chi connectivity index (χ1v) is 9.89. The fraction of sp³-hybridized carbons (Fsp3) is 0.611. The summed E-state index contributed by atoms with van der Waals surface area (Å²) >= 11 is 8.59. The quantitative estimate of drug-likeness (QED) is 0.583. The third-order valence-corrected chi connectivity index (χ3v) is 5.07. The highest BCUT2D eigenvalue weighted by Gasteiger charge is 2.26. The van der Waals surface area contributed by atoms with Gasteiger partial charge in [0.2, 0.25) is 0 Å². The third kappa shape index (κ3) is 6.31. The Bertz CT molecular complexity index is 575. The molecule has 1 amide bonds. The molecule has 1 fully saturated rings. The molecule has 0 aromatic heterocycles. The van der Waals surface area contributed by atoms with Crippen molar-refractivity contribution in [2.75, 3.05) is 11.9 Å². The van der Waals surface area contributed by atoms with Crippen molar-refractivity contribution in [3.63, 3.8) is 0 Å². The smallest absolute Gasteiger partial charge is 0.407 e. The van der Waals surface area contributed by atoms with E-state index in [1.54, 1.807) is 0 Å². The molecule has 1 aliphatic carbocycles. The molecule has 0 heterocycles. The minimum absolute atomic E-state index is 0.311. The second-order valence-corrected chi connectivity index (χ2v) is 8.96. The summed E-state index contributed by atoms with van der Waals surface area (Å²) in [5.74, 6) is 0.376. The molecule has 0 spiro atoms. The van der Waals surface area contributed by atoms with Crippen molar-refractivity contribution in [3.8, 4) is 0 Å². The Morgan fingerprint density at radius 2 is 2.04 bits per heavy atom. The SMILES string of the molecule is CC(C)(C)OC(=O)NCC1CCCCC1Nc1ccc(I)cc1Cl. The minimum atomic E-state index is -0.469. The topological polar surface area (TPSA) is 50.4 Å². The number of amides is 1. The highest BCUT2D eigenvalue weighted by molar-refractivity contribution is 14.1. The van der Waals surface area contributed by atoms with E-state index in [9.17, 15) is 4.79 Å². The molecule has 0 radical (unpaired) electrons. The van der Waals surface area contributed by atoms with E-state index in [1.807, 2.05) is 39.0 Å². The van der Waals surface area contributed by atoms with E-state index >= 15 is 0 Å². The van der Waals surface area contributed by atoms with Crippen molar-refractivity contribution in [1.29, 1.82) is 0 Å². The number of nitrogens with one attached hydrogen (secondary N) is 2. The van der Waals surface area contributed by atoms with Crippen molar-refractivity contribution in [2.24, 2.45) is 5.92 Å². The van der Waals surface area contributed by atoms with Crippen LogP contribution >= 0.6 is 34.2 Å². The van der Waals surface area contributed by atoms with Crippen LogP contribution in [-0.2, 0) is 4.74 Å². The average Bonchev–Trinajstić information content (AvgIpc) is 2.47.